The molecular formula is C12H22O2. The molecule has 82 valence electrons. The molecule has 0 aromatic heterocycles. The summed E-state index contributed by atoms with van der Waals surface area (Å²) in [5.74, 6) is 0. The third kappa shape index (κ3) is 2.29. The molecule has 1 N–H and O–H groups in total. The number of hydrogen-bond acceptors (Lipinski definition) is 2. The fraction of sp³-hybridized carbons (Fsp3) is 1.00. The van der Waals surface area contributed by atoms with Crippen molar-refractivity contribution in [2.24, 2.45) is 5.41 Å². The van der Waals surface area contributed by atoms with Crippen LogP contribution in [-0.2, 0) is 4.74 Å². The van der Waals surface area contributed by atoms with Gasteiger partial charge < -0.3 is 9.84 Å². The Kier molecular flexibility index (Phi) is 2.85. The van der Waals surface area contributed by atoms with Crippen molar-refractivity contribution in [3.05, 3.63) is 0 Å². The van der Waals surface area contributed by atoms with E-state index < -0.39 is 0 Å². The summed E-state index contributed by atoms with van der Waals surface area (Å²) >= 11 is 0. The van der Waals surface area contributed by atoms with E-state index >= 15 is 0 Å². The Morgan fingerprint density at radius 1 is 1.36 bits per heavy atom. The van der Waals surface area contributed by atoms with Gasteiger partial charge in [-0.25, -0.2) is 0 Å². The SMILES string of the molecule is CC1CCC(CC2(C)CCC(O)C2)O1. The van der Waals surface area contributed by atoms with Crippen LogP contribution in [0.1, 0.15) is 52.4 Å². The van der Waals surface area contributed by atoms with E-state index in [0.29, 0.717) is 17.6 Å². The van der Waals surface area contributed by atoms with Gasteiger partial charge in [0.1, 0.15) is 0 Å². The van der Waals surface area contributed by atoms with E-state index in [4.69, 9.17) is 4.74 Å². The van der Waals surface area contributed by atoms with Crippen LogP contribution in [0.15, 0.2) is 0 Å². The number of rotatable bonds is 2. The summed E-state index contributed by atoms with van der Waals surface area (Å²) in [5, 5.41) is 9.55. The van der Waals surface area contributed by atoms with Gasteiger partial charge in [-0.05, 0) is 50.9 Å². The lowest BCUT2D eigenvalue weighted by atomic mass is 9.82. The molecule has 14 heavy (non-hydrogen) atoms. The summed E-state index contributed by atoms with van der Waals surface area (Å²) in [6.45, 7) is 4.46. The van der Waals surface area contributed by atoms with Crippen LogP contribution in [0.4, 0.5) is 0 Å². The fourth-order valence-electron chi connectivity index (χ4n) is 3.06. The highest BCUT2D eigenvalue weighted by atomic mass is 16.5. The highest BCUT2D eigenvalue weighted by Gasteiger charge is 2.37. The van der Waals surface area contributed by atoms with Gasteiger partial charge in [0, 0.05) is 0 Å². The quantitative estimate of drug-likeness (QED) is 0.738. The number of aliphatic hydroxyl groups is 1. The van der Waals surface area contributed by atoms with Crippen molar-refractivity contribution in [3.63, 3.8) is 0 Å². The van der Waals surface area contributed by atoms with Crippen LogP contribution in [0.3, 0.4) is 0 Å². The van der Waals surface area contributed by atoms with Crippen molar-refractivity contribution in [3.8, 4) is 0 Å². The molecule has 1 aliphatic heterocycles. The molecule has 2 fully saturated rings. The van der Waals surface area contributed by atoms with Crippen molar-refractivity contribution in [2.45, 2.75) is 70.7 Å². The predicted octanol–water partition coefficient (Wildman–Crippen LogP) is 2.50. The first kappa shape index (κ1) is 10.4. The second-order valence-corrected chi connectivity index (χ2v) is 5.56. The van der Waals surface area contributed by atoms with E-state index in [1.165, 1.54) is 19.3 Å². The summed E-state index contributed by atoms with van der Waals surface area (Å²) < 4.78 is 5.84. The largest absolute Gasteiger partial charge is 0.393 e. The predicted molar refractivity (Wildman–Crippen MR) is 56.2 cm³/mol. The second-order valence-electron chi connectivity index (χ2n) is 5.56. The van der Waals surface area contributed by atoms with Gasteiger partial charge in [0.2, 0.25) is 0 Å². The van der Waals surface area contributed by atoms with Crippen LogP contribution in [0.5, 0.6) is 0 Å². The number of aliphatic hydroxyl groups excluding tert-OH is 1. The zero-order valence-electron chi connectivity index (χ0n) is 9.33. The smallest absolute Gasteiger partial charge is 0.0585 e. The molecule has 4 atom stereocenters. The van der Waals surface area contributed by atoms with Crippen molar-refractivity contribution >= 4 is 0 Å². The highest BCUT2D eigenvalue weighted by molar-refractivity contribution is 4.89. The average Bonchev–Trinajstić information content (AvgIpc) is 2.60. The van der Waals surface area contributed by atoms with Crippen LogP contribution in [0, 0.1) is 5.41 Å². The lowest BCUT2D eigenvalue weighted by Crippen LogP contribution is -2.22. The van der Waals surface area contributed by atoms with E-state index in [9.17, 15) is 5.11 Å². The Morgan fingerprint density at radius 2 is 2.14 bits per heavy atom. The van der Waals surface area contributed by atoms with Crippen molar-refractivity contribution in [1.29, 1.82) is 0 Å². The first-order valence-corrected chi connectivity index (χ1v) is 5.91. The molecule has 0 aromatic carbocycles. The lowest BCUT2D eigenvalue weighted by Gasteiger charge is -2.27. The van der Waals surface area contributed by atoms with Crippen LogP contribution in [0.25, 0.3) is 0 Å². The molecule has 2 nitrogen and oxygen atoms in total. The maximum atomic E-state index is 9.55. The number of hydrogen-bond donors (Lipinski definition) is 1. The first-order chi connectivity index (χ1) is 6.57. The van der Waals surface area contributed by atoms with Crippen molar-refractivity contribution in [2.75, 3.05) is 0 Å². The Morgan fingerprint density at radius 3 is 2.64 bits per heavy atom. The van der Waals surface area contributed by atoms with Gasteiger partial charge in [-0.1, -0.05) is 6.92 Å². The molecule has 0 aromatic rings. The molecule has 2 heteroatoms. The Labute approximate surface area is 86.6 Å². The Hall–Kier alpha value is -0.0800. The zero-order valence-corrected chi connectivity index (χ0v) is 9.33. The van der Waals surface area contributed by atoms with Crippen molar-refractivity contribution < 1.29 is 9.84 Å². The summed E-state index contributed by atoms with van der Waals surface area (Å²) in [6, 6.07) is 0. The van der Waals surface area contributed by atoms with Gasteiger partial charge >= 0.3 is 0 Å². The normalized spacial score (nSPS) is 48.6. The third-order valence-electron chi connectivity index (χ3n) is 3.85. The first-order valence-electron chi connectivity index (χ1n) is 5.91. The monoisotopic (exact) mass is 198 g/mol. The highest BCUT2D eigenvalue weighted by Crippen LogP contribution is 2.43. The van der Waals surface area contributed by atoms with Crippen LogP contribution in [0.2, 0.25) is 0 Å². The molecule has 0 radical (unpaired) electrons. The standard InChI is InChI=1S/C12H22O2/c1-9-3-4-11(14-9)8-12(2)6-5-10(13)7-12/h9-11,13H,3-8H2,1-2H3. The molecular weight excluding hydrogens is 176 g/mol. The van der Waals surface area contributed by atoms with E-state index in [1.54, 1.807) is 0 Å². The van der Waals surface area contributed by atoms with E-state index in [0.717, 1.165) is 19.3 Å². The van der Waals surface area contributed by atoms with E-state index in [1.807, 2.05) is 0 Å². The Bertz CT molecular complexity index is 204. The van der Waals surface area contributed by atoms with Crippen molar-refractivity contribution in [1.82, 2.24) is 0 Å². The van der Waals surface area contributed by atoms with Gasteiger partial charge in [-0.2, -0.15) is 0 Å². The summed E-state index contributed by atoms with van der Waals surface area (Å²) in [7, 11) is 0. The van der Waals surface area contributed by atoms with Crippen LogP contribution in [-0.4, -0.2) is 23.4 Å². The van der Waals surface area contributed by atoms with Crippen LogP contribution >= 0.6 is 0 Å². The molecule has 2 aliphatic rings. The molecule has 2 rings (SSSR count). The minimum Gasteiger partial charge on any atom is -0.393 e. The van der Waals surface area contributed by atoms with Gasteiger partial charge in [-0.3, -0.25) is 0 Å². The Balaban J connectivity index is 1.85. The minimum atomic E-state index is -0.0566. The van der Waals surface area contributed by atoms with Gasteiger partial charge in [-0.15, -0.1) is 0 Å². The molecule has 0 bridgehead atoms. The summed E-state index contributed by atoms with van der Waals surface area (Å²) in [5.41, 5.74) is 0.341. The average molecular weight is 198 g/mol. The third-order valence-corrected chi connectivity index (χ3v) is 3.85. The summed E-state index contributed by atoms with van der Waals surface area (Å²) in [6.07, 6.45) is 7.56. The topological polar surface area (TPSA) is 29.5 Å². The molecule has 0 amide bonds. The van der Waals surface area contributed by atoms with Gasteiger partial charge in [0.25, 0.3) is 0 Å². The summed E-state index contributed by atoms with van der Waals surface area (Å²) in [4.78, 5) is 0. The lowest BCUT2D eigenvalue weighted by molar-refractivity contribution is 0.0235. The van der Waals surface area contributed by atoms with Gasteiger partial charge in [0.05, 0.1) is 18.3 Å². The fourth-order valence-corrected chi connectivity index (χ4v) is 3.06. The molecule has 1 aliphatic carbocycles. The van der Waals surface area contributed by atoms with E-state index in [2.05, 4.69) is 13.8 Å². The molecule has 1 saturated heterocycles. The second kappa shape index (κ2) is 3.82. The molecule has 1 heterocycles. The molecule has 0 spiro atoms. The minimum absolute atomic E-state index is 0.0566. The maximum Gasteiger partial charge on any atom is 0.0585 e. The van der Waals surface area contributed by atoms with Gasteiger partial charge in [0.15, 0.2) is 0 Å². The molecule has 1 saturated carbocycles. The number of ether oxygens (including phenoxy) is 1. The van der Waals surface area contributed by atoms with E-state index in [-0.39, 0.29) is 6.10 Å². The molecule has 4 unspecified atom stereocenters. The zero-order chi connectivity index (χ0) is 10.2. The maximum absolute atomic E-state index is 9.55. The van der Waals surface area contributed by atoms with Crippen LogP contribution < -0.4 is 0 Å².